The number of hydrogen-bond donors (Lipinski definition) is 0. The minimum Gasteiger partial charge on any atom is -0.790 e. The third kappa shape index (κ3) is 7.17. The van der Waals surface area contributed by atoms with Gasteiger partial charge in [-0.3, -0.25) is 0 Å². The van der Waals surface area contributed by atoms with Crippen LogP contribution >= 0.6 is 7.82 Å². The average molecular weight is 545 g/mol. The predicted molar refractivity (Wildman–Crippen MR) is 126 cm³/mol. The van der Waals surface area contributed by atoms with Crippen molar-refractivity contribution in [3.8, 4) is 0 Å². The summed E-state index contributed by atoms with van der Waals surface area (Å²) in [7, 11) is -4.89. The number of rotatable bonds is 7. The fraction of sp³-hybridized carbons (Fsp3) is 1.00. The van der Waals surface area contributed by atoms with E-state index in [2.05, 4.69) is 34.6 Å². The van der Waals surface area contributed by atoms with E-state index in [1.165, 1.54) is 57.8 Å². The van der Waals surface area contributed by atoms with Gasteiger partial charge in [0.2, 0.25) is 0 Å². The minimum atomic E-state index is -4.89. The Balaban J connectivity index is 0.00000204. The second kappa shape index (κ2) is 13.4. The monoisotopic (exact) mass is 544 g/mol. The fourth-order valence-corrected chi connectivity index (χ4v) is 10.1. The van der Waals surface area contributed by atoms with Crippen molar-refractivity contribution in [2.75, 3.05) is 0 Å². The van der Waals surface area contributed by atoms with Gasteiger partial charge in [0, 0.05) is 0 Å². The largest absolute Gasteiger partial charge is 1.00 e. The van der Waals surface area contributed by atoms with Crippen LogP contribution in [-0.4, -0.2) is 6.10 Å². The molecule has 4 aliphatic rings. The first-order valence-corrected chi connectivity index (χ1v) is 15.1. The molecule has 0 aromatic carbocycles. The molecule has 0 bridgehead atoms. The van der Waals surface area contributed by atoms with E-state index in [0.717, 1.165) is 54.8 Å². The van der Waals surface area contributed by atoms with Crippen molar-refractivity contribution in [1.29, 1.82) is 0 Å². The molecule has 9 unspecified atom stereocenters. The Kier molecular flexibility index (Phi) is 13.2. The SMILES string of the molecule is CC(C)CCCC(C)C1CCC2C3CCC4CC(OP(=O)([O-])[O-])CCC4(C)C3CCC12C.[K+].[K+]. The van der Waals surface area contributed by atoms with Crippen LogP contribution in [0.3, 0.4) is 0 Å². The Morgan fingerprint density at radius 1 is 0.882 bits per heavy atom. The molecule has 0 aromatic rings. The Morgan fingerprint density at radius 3 is 2.18 bits per heavy atom. The molecule has 0 amide bonds. The van der Waals surface area contributed by atoms with Gasteiger partial charge in [-0.25, -0.2) is 0 Å². The van der Waals surface area contributed by atoms with Crippen LogP contribution in [0.25, 0.3) is 0 Å². The average Bonchev–Trinajstić information content (AvgIpc) is 3.04. The standard InChI is InChI=1S/C27H49O4P.2K/c1-18(2)7-6-8-19(3)23-11-12-24-22-10-9-20-17-21(31-32(28,29)30)13-15-26(20,4)25(22)14-16-27(23,24)5;;/h18-25H,6-17H2,1-5H3,(H2,28,29,30);;/q;2*+1/p-2. The van der Waals surface area contributed by atoms with Crippen LogP contribution in [0.15, 0.2) is 0 Å². The third-order valence-electron chi connectivity index (χ3n) is 11.1. The molecule has 0 aromatic heterocycles. The summed E-state index contributed by atoms with van der Waals surface area (Å²) < 4.78 is 16.1. The molecule has 4 rings (SSSR count). The van der Waals surface area contributed by atoms with Crippen molar-refractivity contribution >= 4 is 7.82 Å². The van der Waals surface area contributed by atoms with E-state index in [1.807, 2.05) is 0 Å². The maximum atomic E-state index is 11.2. The first-order valence-electron chi connectivity index (χ1n) is 13.6. The van der Waals surface area contributed by atoms with Crippen molar-refractivity contribution in [3.63, 3.8) is 0 Å². The Morgan fingerprint density at radius 2 is 1.53 bits per heavy atom. The molecule has 4 saturated carbocycles. The molecule has 0 aliphatic heterocycles. The summed E-state index contributed by atoms with van der Waals surface area (Å²) in [4.78, 5) is 22.3. The normalized spacial score (nSPS) is 42.6. The summed E-state index contributed by atoms with van der Waals surface area (Å²) in [5, 5.41) is 0. The predicted octanol–water partition coefficient (Wildman–Crippen LogP) is 0.330. The zero-order valence-corrected chi connectivity index (χ0v) is 30.3. The number of phosphoric ester groups is 1. The van der Waals surface area contributed by atoms with Gasteiger partial charge in [0.05, 0.1) is 13.9 Å². The number of fused-ring (bicyclic) bond motifs is 5. The summed E-state index contributed by atoms with van der Waals surface area (Å²) in [6, 6.07) is 0. The summed E-state index contributed by atoms with van der Waals surface area (Å²) in [5.74, 6) is 5.52. The maximum absolute atomic E-state index is 11.2. The second-order valence-corrected chi connectivity index (χ2v) is 14.2. The summed E-state index contributed by atoms with van der Waals surface area (Å²) >= 11 is 0. The number of phosphoric acid groups is 1. The van der Waals surface area contributed by atoms with Crippen LogP contribution in [0.4, 0.5) is 0 Å². The molecule has 0 spiro atoms. The molecule has 4 aliphatic carbocycles. The van der Waals surface area contributed by atoms with E-state index in [1.54, 1.807) is 0 Å². The van der Waals surface area contributed by atoms with Gasteiger partial charge in [-0.2, -0.15) is 0 Å². The van der Waals surface area contributed by atoms with Crippen molar-refractivity contribution in [1.82, 2.24) is 0 Å². The van der Waals surface area contributed by atoms with E-state index in [4.69, 9.17) is 4.52 Å². The maximum Gasteiger partial charge on any atom is 1.00 e. The van der Waals surface area contributed by atoms with Gasteiger partial charge in [-0.1, -0.05) is 53.9 Å². The Labute approximate surface area is 294 Å². The molecule has 9 atom stereocenters. The molecule has 186 valence electrons. The molecule has 4 nitrogen and oxygen atoms in total. The second-order valence-electron chi connectivity index (χ2n) is 13.1. The van der Waals surface area contributed by atoms with E-state index in [9.17, 15) is 14.4 Å². The first kappa shape index (κ1) is 33.6. The molecule has 0 saturated heterocycles. The molecule has 0 N–H and O–H groups in total. The smallest absolute Gasteiger partial charge is 0.790 e. The van der Waals surface area contributed by atoms with Crippen LogP contribution < -0.4 is 113 Å². The molecule has 4 fully saturated rings. The quantitative estimate of drug-likeness (QED) is 0.342. The van der Waals surface area contributed by atoms with E-state index in [-0.39, 0.29) is 109 Å². The summed E-state index contributed by atoms with van der Waals surface area (Å²) in [6.45, 7) is 12.4. The van der Waals surface area contributed by atoms with Crippen LogP contribution in [-0.2, 0) is 9.09 Å². The van der Waals surface area contributed by atoms with Gasteiger partial charge in [0.1, 0.15) is 0 Å². The topological polar surface area (TPSA) is 72.4 Å². The van der Waals surface area contributed by atoms with Crippen molar-refractivity contribution in [2.24, 2.45) is 52.3 Å². The molecule has 7 heteroatoms. The van der Waals surface area contributed by atoms with Gasteiger partial charge in [0.15, 0.2) is 0 Å². The first-order chi connectivity index (χ1) is 14.9. The van der Waals surface area contributed by atoms with Crippen molar-refractivity contribution < 1.29 is 122 Å². The van der Waals surface area contributed by atoms with E-state index in [0.29, 0.717) is 16.7 Å². The molecule has 0 heterocycles. The van der Waals surface area contributed by atoms with Crippen LogP contribution in [0.2, 0.25) is 0 Å². The van der Waals surface area contributed by atoms with Gasteiger partial charge in [-0.05, 0) is 110 Å². The number of hydrogen-bond acceptors (Lipinski definition) is 4. The molecule has 34 heavy (non-hydrogen) atoms. The van der Waals surface area contributed by atoms with Crippen LogP contribution in [0.5, 0.6) is 0 Å². The minimum absolute atomic E-state index is 0. The van der Waals surface area contributed by atoms with Crippen LogP contribution in [0, 0.1) is 52.3 Å². The zero-order chi connectivity index (χ0) is 23.3. The molecular formula is C27H47K2O4P. The van der Waals surface area contributed by atoms with E-state index < -0.39 is 7.82 Å². The zero-order valence-electron chi connectivity index (χ0n) is 23.2. The van der Waals surface area contributed by atoms with Crippen LogP contribution in [0.1, 0.15) is 112 Å². The molecule has 0 radical (unpaired) electrons. The summed E-state index contributed by atoms with van der Waals surface area (Å²) in [6.07, 6.45) is 14.3. The van der Waals surface area contributed by atoms with Gasteiger partial charge < -0.3 is 18.9 Å². The van der Waals surface area contributed by atoms with Crippen molar-refractivity contribution in [3.05, 3.63) is 0 Å². The van der Waals surface area contributed by atoms with E-state index >= 15 is 0 Å². The van der Waals surface area contributed by atoms with Gasteiger partial charge >= 0.3 is 103 Å². The van der Waals surface area contributed by atoms with Crippen molar-refractivity contribution in [2.45, 2.75) is 118 Å². The summed E-state index contributed by atoms with van der Waals surface area (Å²) in [5.41, 5.74) is 0.806. The fourth-order valence-electron chi connectivity index (χ4n) is 9.52. The molecular weight excluding hydrogens is 497 g/mol. The van der Waals surface area contributed by atoms with Gasteiger partial charge in [-0.15, -0.1) is 0 Å². The Hall–Kier alpha value is 3.38. The van der Waals surface area contributed by atoms with Gasteiger partial charge in [0.25, 0.3) is 0 Å². The Bertz CT molecular complexity index is 715. The third-order valence-corrected chi connectivity index (χ3v) is 11.7.